The van der Waals surface area contributed by atoms with Crippen molar-refractivity contribution >= 4 is 27.5 Å². The molecule has 0 amide bonds. The number of halogens is 3. The molecule has 0 unspecified atom stereocenters. The van der Waals surface area contributed by atoms with Gasteiger partial charge in [0.1, 0.15) is 6.54 Å². The molecule has 2 aromatic carbocycles. The number of benzene rings is 2. The molecule has 1 N–H and O–H groups in total. The number of alkyl halides is 3. The van der Waals surface area contributed by atoms with Crippen molar-refractivity contribution in [2.24, 2.45) is 0 Å². The number of aromatic amines is 1. The van der Waals surface area contributed by atoms with Gasteiger partial charge in [-0.2, -0.15) is 18.3 Å². The average molecular weight is 441 g/mol. The monoisotopic (exact) mass is 441 g/mol. The summed E-state index contributed by atoms with van der Waals surface area (Å²) >= 11 is 0. The molecule has 1 aliphatic heterocycles. The van der Waals surface area contributed by atoms with Gasteiger partial charge in [0.25, 0.3) is 5.56 Å². The van der Waals surface area contributed by atoms with Crippen molar-refractivity contribution in [3.8, 4) is 11.1 Å². The van der Waals surface area contributed by atoms with Crippen molar-refractivity contribution < 1.29 is 13.2 Å². The second-order valence-corrected chi connectivity index (χ2v) is 8.23. The Hall–Kier alpha value is -3.33. The van der Waals surface area contributed by atoms with Crippen LogP contribution in [0.2, 0.25) is 0 Å². The minimum absolute atomic E-state index is 0.144. The number of hydrogen-bond acceptors (Lipinski definition) is 4. The van der Waals surface area contributed by atoms with Crippen LogP contribution in [0.1, 0.15) is 0 Å². The standard InChI is InChI=1S/C23H22F3N5O/c1-29-8-10-30(11-9-29)17-5-2-15(3-6-17)16-4-7-18-20(12-16)31(14-23(24,25)26)22(32)19-13-27-28-21(18)19/h2-7,12-13H,8-11,14H2,1H3,(H,27,28). The zero-order chi connectivity index (χ0) is 22.5. The van der Waals surface area contributed by atoms with Gasteiger partial charge in [-0.25, -0.2) is 0 Å². The van der Waals surface area contributed by atoms with Crippen molar-refractivity contribution in [2.45, 2.75) is 12.7 Å². The molecule has 2 aromatic heterocycles. The molecule has 1 saturated heterocycles. The summed E-state index contributed by atoms with van der Waals surface area (Å²) in [6.45, 7) is 2.57. The van der Waals surface area contributed by atoms with E-state index < -0.39 is 18.3 Å². The lowest BCUT2D eigenvalue weighted by Crippen LogP contribution is -2.44. The largest absolute Gasteiger partial charge is 0.406 e. The van der Waals surface area contributed by atoms with Crippen LogP contribution in [0.15, 0.2) is 53.5 Å². The van der Waals surface area contributed by atoms with Crippen LogP contribution >= 0.6 is 0 Å². The highest BCUT2D eigenvalue weighted by atomic mass is 19.4. The van der Waals surface area contributed by atoms with Gasteiger partial charge in [-0.15, -0.1) is 0 Å². The summed E-state index contributed by atoms with van der Waals surface area (Å²) in [7, 11) is 2.11. The molecule has 0 spiro atoms. The number of pyridine rings is 1. The lowest BCUT2D eigenvalue weighted by molar-refractivity contribution is -0.140. The number of anilines is 1. The Morgan fingerprint density at radius 1 is 0.969 bits per heavy atom. The molecule has 6 nitrogen and oxygen atoms in total. The van der Waals surface area contributed by atoms with Crippen molar-refractivity contribution in [2.75, 3.05) is 38.1 Å². The molecule has 1 aliphatic rings. The van der Waals surface area contributed by atoms with Gasteiger partial charge in [-0.1, -0.05) is 24.3 Å². The number of nitrogens with one attached hydrogen (secondary N) is 1. The van der Waals surface area contributed by atoms with E-state index in [9.17, 15) is 18.0 Å². The third-order valence-corrected chi connectivity index (χ3v) is 6.08. The first-order valence-electron chi connectivity index (χ1n) is 10.4. The van der Waals surface area contributed by atoms with Crippen LogP contribution in [0.5, 0.6) is 0 Å². The Bertz CT molecular complexity index is 1330. The zero-order valence-corrected chi connectivity index (χ0v) is 17.5. The Morgan fingerprint density at radius 2 is 1.66 bits per heavy atom. The topological polar surface area (TPSA) is 57.2 Å². The fourth-order valence-corrected chi connectivity index (χ4v) is 4.32. The zero-order valence-electron chi connectivity index (χ0n) is 17.5. The summed E-state index contributed by atoms with van der Waals surface area (Å²) in [6, 6.07) is 13.2. The highest BCUT2D eigenvalue weighted by Gasteiger charge is 2.30. The van der Waals surface area contributed by atoms with Gasteiger partial charge in [0.2, 0.25) is 0 Å². The van der Waals surface area contributed by atoms with Gasteiger partial charge in [-0.3, -0.25) is 14.5 Å². The van der Waals surface area contributed by atoms with Gasteiger partial charge < -0.3 is 9.80 Å². The summed E-state index contributed by atoms with van der Waals surface area (Å²) in [6.07, 6.45) is -3.25. The second kappa shape index (κ2) is 7.67. The summed E-state index contributed by atoms with van der Waals surface area (Å²) in [5.74, 6) is 0. The first-order valence-corrected chi connectivity index (χ1v) is 10.4. The number of piperazine rings is 1. The maximum atomic E-state index is 13.3. The molecule has 0 atom stereocenters. The molecule has 0 radical (unpaired) electrons. The van der Waals surface area contributed by atoms with E-state index in [1.807, 2.05) is 30.3 Å². The fourth-order valence-electron chi connectivity index (χ4n) is 4.32. The van der Waals surface area contributed by atoms with Gasteiger partial charge >= 0.3 is 6.18 Å². The number of nitrogens with zero attached hydrogens (tertiary/aromatic N) is 4. The van der Waals surface area contributed by atoms with Crippen LogP contribution in [0.25, 0.3) is 32.9 Å². The molecular weight excluding hydrogens is 419 g/mol. The molecule has 0 aliphatic carbocycles. The van der Waals surface area contributed by atoms with Crippen molar-refractivity contribution in [1.29, 1.82) is 0 Å². The summed E-state index contributed by atoms with van der Waals surface area (Å²) in [4.78, 5) is 17.4. The molecule has 0 saturated carbocycles. The second-order valence-electron chi connectivity index (χ2n) is 8.23. The van der Waals surface area contributed by atoms with E-state index in [2.05, 4.69) is 27.0 Å². The van der Waals surface area contributed by atoms with E-state index in [0.29, 0.717) is 10.9 Å². The van der Waals surface area contributed by atoms with E-state index in [1.54, 1.807) is 12.1 Å². The van der Waals surface area contributed by atoms with Crippen molar-refractivity contribution in [1.82, 2.24) is 19.7 Å². The number of H-pyrrole nitrogens is 1. The Labute approximate surface area is 181 Å². The molecular formula is C23H22F3N5O. The maximum absolute atomic E-state index is 13.3. The normalized spacial score (nSPS) is 15.7. The molecule has 3 heterocycles. The summed E-state index contributed by atoms with van der Waals surface area (Å²) < 4.78 is 40.5. The van der Waals surface area contributed by atoms with Gasteiger partial charge in [-0.05, 0) is 36.4 Å². The van der Waals surface area contributed by atoms with Crippen LogP contribution in [0.3, 0.4) is 0 Å². The third kappa shape index (κ3) is 3.73. The maximum Gasteiger partial charge on any atom is 0.406 e. The summed E-state index contributed by atoms with van der Waals surface area (Å²) in [5.41, 5.74) is 2.71. The predicted molar refractivity (Wildman–Crippen MR) is 119 cm³/mol. The van der Waals surface area contributed by atoms with E-state index in [4.69, 9.17) is 0 Å². The number of likely N-dealkylation sites (N-methyl/N-ethyl adjacent to an activating group) is 1. The summed E-state index contributed by atoms with van der Waals surface area (Å²) in [5, 5.41) is 7.28. The minimum atomic E-state index is -4.52. The van der Waals surface area contributed by atoms with Crippen molar-refractivity contribution in [3.05, 3.63) is 59.0 Å². The average Bonchev–Trinajstić information content (AvgIpc) is 3.27. The molecule has 1 fully saturated rings. The molecule has 4 aromatic rings. The van der Waals surface area contributed by atoms with Crippen LogP contribution in [0.4, 0.5) is 18.9 Å². The van der Waals surface area contributed by atoms with Crippen molar-refractivity contribution in [3.63, 3.8) is 0 Å². The van der Waals surface area contributed by atoms with E-state index >= 15 is 0 Å². The first kappa shape index (κ1) is 20.6. The number of rotatable bonds is 3. The lowest BCUT2D eigenvalue weighted by Gasteiger charge is -2.34. The molecule has 0 bridgehead atoms. The van der Waals surface area contributed by atoms with Crippen LogP contribution < -0.4 is 10.5 Å². The fraction of sp³-hybridized carbons (Fsp3) is 0.304. The molecule has 9 heteroatoms. The predicted octanol–water partition coefficient (Wildman–Crippen LogP) is 3.86. The molecule has 5 rings (SSSR count). The SMILES string of the molecule is CN1CCN(c2ccc(-c3ccc4c5[nH]ncc5c(=O)n(CC(F)(F)F)c4c3)cc2)CC1. The number of aromatic nitrogens is 3. The highest BCUT2D eigenvalue weighted by molar-refractivity contribution is 6.04. The third-order valence-electron chi connectivity index (χ3n) is 6.08. The van der Waals surface area contributed by atoms with E-state index in [0.717, 1.165) is 47.6 Å². The van der Waals surface area contributed by atoms with Crippen LogP contribution in [-0.4, -0.2) is 59.1 Å². The van der Waals surface area contributed by atoms with Gasteiger partial charge in [0.15, 0.2) is 0 Å². The smallest absolute Gasteiger partial charge is 0.369 e. The Morgan fingerprint density at radius 3 is 2.34 bits per heavy atom. The Kier molecular flexibility index (Phi) is 4.93. The van der Waals surface area contributed by atoms with E-state index in [-0.39, 0.29) is 10.9 Å². The number of fused-ring (bicyclic) bond motifs is 3. The lowest BCUT2D eigenvalue weighted by atomic mass is 10.0. The minimum Gasteiger partial charge on any atom is -0.369 e. The van der Waals surface area contributed by atoms with Crippen LogP contribution in [-0.2, 0) is 6.54 Å². The van der Waals surface area contributed by atoms with Gasteiger partial charge in [0.05, 0.1) is 22.6 Å². The number of hydrogen-bond donors (Lipinski definition) is 1. The first-order chi connectivity index (χ1) is 15.3. The quantitative estimate of drug-likeness (QED) is 0.525. The van der Waals surface area contributed by atoms with E-state index in [1.165, 1.54) is 6.20 Å². The van der Waals surface area contributed by atoms with Crippen LogP contribution in [0, 0.1) is 0 Å². The Balaban J connectivity index is 1.57. The molecule has 32 heavy (non-hydrogen) atoms. The van der Waals surface area contributed by atoms with Gasteiger partial charge in [0, 0.05) is 37.3 Å². The molecule has 166 valence electrons. The highest BCUT2D eigenvalue weighted by Crippen LogP contribution is 2.30.